The van der Waals surface area contributed by atoms with Crippen molar-refractivity contribution in [3.05, 3.63) is 39.8 Å². The van der Waals surface area contributed by atoms with Crippen LogP contribution in [0.25, 0.3) is 10.8 Å². The maximum atomic E-state index is 13.5. The lowest BCUT2D eigenvalue weighted by Crippen LogP contribution is -2.36. The Balaban J connectivity index is 2.73. The molecule has 0 fully saturated rings. The second kappa shape index (κ2) is 10.3. The van der Waals surface area contributed by atoms with Gasteiger partial charge in [-0.2, -0.15) is 13.2 Å². The predicted octanol–water partition coefficient (Wildman–Crippen LogP) is 6.27. The number of amides is 1. The number of benzene rings is 1. The quantitative estimate of drug-likeness (QED) is 0.470. The summed E-state index contributed by atoms with van der Waals surface area (Å²) in [4.78, 5) is 25.8. The largest absolute Gasteiger partial charge is 0.491 e. The molecule has 1 aromatic heterocycles. The number of halogens is 3. The van der Waals surface area contributed by atoms with Crippen LogP contribution < -0.4 is 15.6 Å². The van der Waals surface area contributed by atoms with Gasteiger partial charge in [0.2, 0.25) is 0 Å². The van der Waals surface area contributed by atoms with E-state index in [1.807, 2.05) is 27.7 Å². The third-order valence-corrected chi connectivity index (χ3v) is 4.83. The number of aromatic nitrogens is 1. The van der Waals surface area contributed by atoms with Gasteiger partial charge in [0.05, 0.1) is 29.8 Å². The highest BCUT2D eigenvalue weighted by atomic mass is 19.4. The third kappa shape index (κ3) is 7.40. The van der Waals surface area contributed by atoms with Crippen molar-refractivity contribution in [1.29, 1.82) is 0 Å². The molecular weight excluding hydrogens is 449 g/mol. The molecule has 2 rings (SSSR count). The average Bonchev–Trinajstić information content (AvgIpc) is 2.67. The lowest BCUT2D eigenvalue weighted by atomic mass is 9.96. The van der Waals surface area contributed by atoms with Gasteiger partial charge in [-0.15, -0.1) is 0 Å². The smallest absolute Gasteiger partial charge is 0.416 e. The Labute approximate surface area is 198 Å². The summed E-state index contributed by atoms with van der Waals surface area (Å²) in [6, 6.07) is 3.07. The second-order valence-corrected chi connectivity index (χ2v) is 10.5. The summed E-state index contributed by atoms with van der Waals surface area (Å²) in [5, 5.41) is 2.86. The summed E-state index contributed by atoms with van der Waals surface area (Å²) in [6.07, 6.45) is -3.69. The van der Waals surface area contributed by atoms with Crippen LogP contribution in [0.2, 0.25) is 0 Å². The first-order chi connectivity index (χ1) is 15.5. The highest BCUT2D eigenvalue weighted by Crippen LogP contribution is 2.35. The van der Waals surface area contributed by atoms with Gasteiger partial charge in [-0.3, -0.25) is 4.79 Å². The summed E-state index contributed by atoms with van der Waals surface area (Å²) in [5.41, 5.74) is -2.18. The number of ether oxygens (including phenoxy) is 2. The van der Waals surface area contributed by atoms with Crippen LogP contribution in [0.1, 0.15) is 72.6 Å². The van der Waals surface area contributed by atoms with E-state index in [4.69, 9.17) is 9.47 Å². The van der Waals surface area contributed by atoms with Crippen LogP contribution in [0, 0.1) is 5.41 Å². The van der Waals surface area contributed by atoms with Crippen molar-refractivity contribution in [2.24, 2.45) is 5.41 Å². The number of pyridine rings is 1. The normalized spacial score (nSPS) is 12.6. The number of alkyl halides is 3. The molecule has 0 radical (unpaired) electrons. The fourth-order valence-electron chi connectivity index (χ4n) is 3.41. The molecule has 34 heavy (non-hydrogen) atoms. The van der Waals surface area contributed by atoms with Gasteiger partial charge in [-0.1, -0.05) is 34.1 Å². The van der Waals surface area contributed by atoms with E-state index in [2.05, 4.69) is 5.32 Å². The van der Waals surface area contributed by atoms with Gasteiger partial charge in [-0.25, -0.2) is 4.79 Å². The molecule has 0 spiro atoms. The van der Waals surface area contributed by atoms with Crippen molar-refractivity contribution < 1.29 is 27.4 Å². The lowest BCUT2D eigenvalue weighted by Gasteiger charge is -2.26. The van der Waals surface area contributed by atoms with Crippen LogP contribution >= 0.6 is 0 Å². The Hall–Kier alpha value is -2.71. The molecule has 0 aliphatic heterocycles. The number of carbonyl (C=O) groups excluding carboxylic acids is 1. The molecule has 0 bridgehead atoms. The Morgan fingerprint density at radius 1 is 1.06 bits per heavy atom. The first-order valence-corrected chi connectivity index (χ1v) is 11.4. The first-order valence-electron chi connectivity index (χ1n) is 11.4. The van der Waals surface area contributed by atoms with E-state index in [0.29, 0.717) is 12.3 Å². The molecule has 0 aliphatic rings. The van der Waals surface area contributed by atoms with Crippen molar-refractivity contribution in [3.8, 4) is 5.75 Å². The number of unbranched alkanes of at least 4 members (excludes halogenated alkanes) is 1. The number of nitrogens with one attached hydrogen (secondary N) is 1. The maximum absolute atomic E-state index is 13.5. The van der Waals surface area contributed by atoms with Gasteiger partial charge < -0.3 is 19.4 Å². The van der Waals surface area contributed by atoms with E-state index in [0.717, 1.165) is 25.0 Å². The number of rotatable bonds is 7. The fraction of sp³-hybridized carbons (Fsp3) is 0.600. The number of alkyl carbamates (subject to hydrolysis) is 1. The van der Waals surface area contributed by atoms with Gasteiger partial charge in [0.1, 0.15) is 11.4 Å². The molecule has 2 aromatic rings. The summed E-state index contributed by atoms with van der Waals surface area (Å²) in [5.74, 6) is 0.289. The Kier molecular flexibility index (Phi) is 8.32. The molecule has 9 heteroatoms. The van der Waals surface area contributed by atoms with Crippen LogP contribution in [-0.2, 0) is 24.0 Å². The van der Waals surface area contributed by atoms with E-state index < -0.39 is 29.0 Å². The molecule has 190 valence electrons. The Morgan fingerprint density at radius 3 is 2.24 bits per heavy atom. The average molecular weight is 485 g/mol. The SMILES string of the molecule is CCCCOc1c(CNC(=O)OC(C)(C)C)n(CC(C)(C)C)c(=O)c2cc(C(F)(F)F)ccc12. The third-order valence-electron chi connectivity index (χ3n) is 4.83. The Morgan fingerprint density at radius 2 is 1.71 bits per heavy atom. The van der Waals surface area contributed by atoms with Crippen LogP contribution in [0.3, 0.4) is 0 Å². The molecule has 0 atom stereocenters. The molecule has 1 aromatic carbocycles. The number of carbonyl (C=O) groups is 1. The van der Waals surface area contributed by atoms with E-state index in [9.17, 15) is 22.8 Å². The van der Waals surface area contributed by atoms with E-state index in [1.54, 1.807) is 20.8 Å². The minimum absolute atomic E-state index is 0.0772. The summed E-state index contributed by atoms with van der Waals surface area (Å²) < 4.78 is 52.9. The van der Waals surface area contributed by atoms with Crippen LogP contribution in [-0.4, -0.2) is 22.9 Å². The minimum atomic E-state index is -4.59. The van der Waals surface area contributed by atoms with Gasteiger partial charge in [-0.05, 0) is 50.8 Å². The van der Waals surface area contributed by atoms with E-state index >= 15 is 0 Å². The summed E-state index contributed by atoms with van der Waals surface area (Å²) in [6.45, 7) is 13.4. The fourth-order valence-corrected chi connectivity index (χ4v) is 3.41. The Bertz CT molecular complexity index is 1080. The predicted molar refractivity (Wildman–Crippen MR) is 126 cm³/mol. The molecule has 1 heterocycles. The van der Waals surface area contributed by atoms with Crippen LogP contribution in [0.15, 0.2) is 23.0 Å². The van der Waals surface area contributed by atoms with Gasteiger partial charge in [0.15, 0.2) is 0 Å². The molecule has 1 N–H and O–H groups in total. The van der Waals surface area contributed by atoms with Crippen molar-refractivity contribution in [3.63, 3.8) is 0 Å². The van der Waals surface area contributed by atoms with E-state index in [-0.39, 0.29) is 35.0 Å². The molecule has 0 saturated carbocycles. The van der Waals surface area contributed by atoms with Crippen molar-refractivity contribution in [1.82, 2.24) is 9.88 Å². The zero-order valence-electron chi connectivity index (χ0n) is 21.0. The summed E-state index contributed by atoms with van der Waals surface area (Å²) >= 11 is 0. The molecule has 0 saturated heterocycles. The van der Waals surface area contributed by atoms with Crippen LogP contribution in [0.4, 0.5) is 18.0 Å². The maximum Gasteiger partial charge on any atom is 0.416 e. The summed E-state index contributed by atoms with van der Waals surface area (Å²) in [7, 11) is 0. The second-order valence-electron chi connectivity index (χ2n) is 10.5. The van der Waals surface area contributed by atoms with Crippen LogP contribution in [0.5, 0.6) is 5.75 Å². The number of hydrogen-bond acceptors (Lipinski definition) is 4. The zero-order valence-corrected chi connectivity index (χ0v) is 21.0. The van der Waals surface area contributed by atoms with Gasteiger partial charge in [0, 0.05) is 11.9 Å². The highest BCUT2D eigenvalue weighted by Gasteiger charge is 2.32. The number of nitrogens with zero attached hydrogens (tertiary/aromatic N) is 1. The molecule has 0 unspecified atom stereocenters. The minimum Gasteiger partial charge on any atom is -0.491 e. The standard InChI is InChI=1S/C25H35F3N2O4/c1-8-9-12-33-20-17-11-10-16(25(26,27)28)13-18(17)21(31)30(15-23(2,3)4)19(20)14-29-22(32)34-24(5,6)7/h10-11,13H,8-9,12,14-15H2,1-7H3,(H,29,32). The lowest BCUT2D eigenvalue weighted by molar-refractivity contribution is -0.137. The molecule has 0 aliphatic carbocycles. The molecule has 1 amide bonds. The van der Waals surface area contributed by atoms with Crippen molar-refractivity contribution >= 4 is 16.9 Å². The molecular formula is C25H35F3N2O4. The van der Waals surface area contributed by atoms with Gasteiger partial charge >= 0.3 is 12.3 Å². The zero-order chi connectivity index (χ0) is 25.9. The number of hydrogen-bond donors (Lipinski definition) is 1. The highest BCUT2D eigenvalue weighted by molar-refractivity contribution is 5.89. The monoisotopic (exact) mass is 484 g/mol. The first kappa shape index (κ1) is 27.5. The number of fused-ring (bicyclic) bond motifs is 1. The molecule has 6 nitrogen and oxygen atoms in total. The van der Waals surface area contributed by atoms with Gasteiger partial charge in [0.25, 0.3) is 5.56 Å². The van der Waals surface area contributed by atoms with Crippen molar-refractivity contribution in [2.75, 3.05) is 6.61 Å². The topological polar surface area (TPSA) is 69.6 Å². The van der Waals surface area contributed by atoms with E-state index in [1.165, 1.54) is 10.6 Å². The van der Waals surface area contributed by atoms with Crippen molar-refractivity contribution in [2.45, 2.75) is 86.2 Å².